The third-order valence-corrected chi connectivity index (χ3v) is 8.99. The van der Waals surface area contributed by atoms with Gasteiger partial charge in [-0.2, -0.15) is 10.5 Å². The highest BCUT2D eigenvalue weighted by molar-refractivity contribution is 5.73. The Morgan fingerprint density at radius 3 is 1.58 bits per heavy atom. The Morgan fingerprint density at radius 1 is 0.806 bits per heavy atom. The lowest BCUT2D eigenvalue weighted by molar-refractivity contribution is -0.153. The number of nitriles is 2. The Morgan fingerprint density at radius 2 is 1.22 bits per heavy atom. The maximum absolute atomic E-state index is 13.2. The summed E-state index contributed by atoms with van der Waals surface area (Å²) in [5, 5.41) is 18.9. The van der Waals surface area contributed by atoms with Gasteiger partial charge in [0.15, 0.2) is 0 Å². The summed E-state index contributed by atoms with van der Waals surface area (Å²) in [6, 6.07) is 16.8. The van der Waals surface area contributed by atoms with Crippen molar-refractivity contribution in [3.63, 3.8) is 0 Å². The Labute approximate surface area is 216 Å². The first kappa shape index (κ1) is 26.0. The molecule has 0 aromatic heterocycles. The molecule has 4 rings (SSSR count). The first-order valence-corrected chi connectivity index (χ1v) is 13.6. The third-order valence-electron chi connectivity index (χ3n) is 8.99. The minimum atomic E-state index is -0.0232. The minimum Gasteiger partial charge on any atom is -0.466 e. The lowest BCUT2D eigenvalue weighted by Gasteiger charge is -2.40. The molecule has 2 aliphatic carbocycles. The molecule has 0 spiro atoms. The number of rotatable bonds is 6. The van der Waals surface area contributed by atoms with E-state index in [1.165, 1.54) is 11.1 Å². The molecule has 2 saturated carbocycles. The van der Waals surface area contributed by atoms with Gasteiger partial charge in [0.1, 0.15) is 0 Å². The van der Waals surface area contributed by atoms with E-state index in [0.29, 0.717) is 30.3 Å². The molecule has 4 heteroatoms. The van der Waals surface area contributed by atoms with Gasteiger partial charge in [0, 0.05) is 0 Å². The summed E-state index contributed by atoms with van der Waals surface area (Å²) >= 11 is 0. The van der Waals surface area contributed by atoms with Crippen molar-refractivity contribution in [2.75, 3.05) is 6.61 Å². The quantitative estimate of drug-likeness (QED) is 0.400. The van der Waals surface area contributed by atoms with Crippen LogP contribution in [-0.4, -0.2) is 12.6 Å². The first-order valence-electron chi connectivity index (χ1n) is 13.6. The molecular weight excluding hydrogens is 444 g/mol. The molecule has 0 bridgehead atoms. The van der Waals surface area contributed by atoms with Crippen molar-refractivity contribution >= 4 is 5.97 Å². The molecule has 0 heterocycles. The molecule has 2 fully saturated rings. The Kier molecular flexibility index (Phi) is 8.48. The van der Waals surface area contributed by atoms with Crippen LogP contribution in [0.15, 0.2) is 36.4 Å². The average molecular weight is 483 g/mol. The Balaban J connectivity index is 1.44. The molecule has 2 aromatic rings. The van der Waals surface area contributed by atoms with Crippen LogP contribution in [0, 0.1) is 54.3 Å². The Bertz CT molecular complexity index is 1070. The normalized spacial score (nSPS) is 24.8. The maximum atomic E-state index is 13.2. The monoisotopic (exact) mass is 482 g/mol. The molecule has 0 aliphatic heterocycles. The predicted molar refractivity (Wildman–Crippen MR) is 141 cm³/mol. The summed E-state index contributed by atoms with van der Waals surface area (Å²) in [6.07, 6.45) is 8.39. The van der Waals surface area contributed by atoms with Crippen LogP contribution in [0.3, 0.4) is 0 Å². The minimum absolute atomic E-state index is 0.00489. The topological polar surface area (TPSA) is 73.9 Å². The molecule has 188 valence electrons. The number of carbonyl (C=O) groups is 1. The number of esters is 1. The van der Waals surface area contributed by atoms with Crippen LogP contribution in [0.25, 0.3) is 0 Å². The summed E-state index contributed by atoms with van der Waals surface area (Å²) in [5.41, 5.74) is 6.36. The molecule has 2 aromatic carbocycles. The highest BCUT2D eigenvalue weighted by Crippen LogP contribution is 2.47. The smallest absolute Gasteiger partial charge is 0.309 e. The molecule has 0 amide bonds. The molecule has 4 nitrogen and oxygen atoms in total. The van der Waals surface area contributed by atoms with Gasteiger partial charge in [0.2, 0.25) is 0 Å². The zero-order valence-corrected chi connectivity index (χ0v) is 21.9. The van der Waals surface area contributed by atoms with E-state index < -0.39 is 0 Å². The molecular formula is C32H38N2O2. The number of nitrogens with zero attached hydrogens (tertiary/aromatic N) is 2. The van der Waals surface area contributed by atoms with Crippen LogP contribution < -0.4 is 0 Å². The van der Waals surface area contributed by atoms with E-state index in [2.05, 4.69) is 38.1 Å². The summed E-state index contributed by atoms with van der Waals surface area (Å²) in [7, 11) is 0. The van der Waals surface area contributed by atoms with Crippen LogP contribution in [-0.2, 0) is 9.53 Å². The van der Waals surface area contributed by atoms with Crippen molar-refractivity contribution in [2.45, 2.75) is 84.0 Å². The van der Waals surface area contributed by atoms with E-state index in [-0.39, 0.29) is 11.9 Å². The standard InChI is InChI=1S/C32H38N2O2/c1-4-36-32(35)31(25-15-11-23(12-16-25)29-9-5-7-27(19-33)21(29)2)26-17-13-24(14-18-26)30-10-6-8-28(20-34)22(30)3/h5-10,23-26,31H,4,11-18H2,1-3H3. The largest absolute Gasteiger partial charge is 0.466 e. The lowest BCUT2D eigenvalue weighted by Crippen LogP contribution is -2.36. The van der Waals surface area contributed by atoms with Crippen LogP contribution >= 0.6 is 0 Å². The number of hydrogen-bond donors (Lipinski definition) is 0. The molecule has 0 unspecified atom stereocenters. The van der Waals surface area contributed by atoms with Crippen molar-refractivity contribution < 1.29 is 9.53 Å². The second-order valence-electron chi connectivity index (χ2n) is 10.8. The van der Waals surface area contributed by atoms with Gasteiger partial charge >= 0.3 is 5.97 Å². The SMILES string of the molecule is CCOC(=O)C(C1CCC(c2cccc(C#N)c2C)CC1)C1CCC(c2cccc(C#N)c2C)CC1. The van der Waals surface area contributed by atoms with E-state index in [1.54, 1.807) is 0 Å². The van der Waals surface area contributed by atoms with Gasteiger partial charge in [-0.15, -0.1) is 0 Å². The first-order chi connectivity index (χ1) is 17.5. The fourth-order valence-electron chi connectivity index (χ4n) is 7.02. The average Bonchev–Trinajstić information content (AvgIpc) is 2.90. The van der Waals surface area contributed by atoms with E-state index >= 15 is 0 Å². The molecule has 0 radical (unpaired) electrons. The van der Waals surface area contributed by atoms with E-state index in [9.17, 15) is 15.3 Å². The second kappa shape index (κ2) is 11.7. The molecule has 0 saturated heterocycles. The van der Waals surface area contributed by atoms with E-state index in [0.717, 1.165) is 73.6 Å². The van der Waals surface area contributed by atoms with Crippen molar-refractivity contribution in [1.82, 2.24) is 0 Å². The van der Waals surface area contributed by atoms with E-state index in [4.69, 9.17) is 4.74 Å². The highest BCUT2D eigenvalue weighted by atomic mass is 16.5. The van der Waals surface area contributed by atoms with Gasteiger partial charge in [-0.05, 0) is 130 Å². The lowest BCUT2D eigenvalue weighted by atomic mass is 9.65. The van der Waals surface area contributed by atoms with Crippen molar-refractivity contribution in [1.29, 1.82) is 10.5 Å². The van der Waals surface area contributed by atoms with Crippen LogP contribution in [0.1, 0.15) is 104 Å². The van der Waals surface area contributed by atoms with Crippen molar-refractivity contribution in [3.05, 3.63) is 69.8 Å². The number of ether oxygens (including phenoxy) is 1. The number of benzene rings is 2. The highest BCUT2D eigenvalue weighted by Gasteiger charge is 2.40. The van der Waals surface area contributed by atoms with E-state index in [1.807, 2.05) is 31.2 Å². The van der Waals surface area contributed by atoms with Crippen LogP contribution in [0.2, 0.25) is 0 Å². The fourth-order valence-corrected chi connectivity index (χ4v) is 7.02. The molecule has 36 heavy (non-hydrogen) atoms. The summed E-state index contributed by atoms with van der Waals surface area (Å²) in [6.45, 7) is 6.46. The van der Waals surface area contributed by atoms with Crippen molar-refractivity contribution in [2.24, 2.45) is 17.8 Å². The third kappa shape index (κ3) is 5.34. The van der Waals surface area contributed by atoms with Gasteiger partial charge in [0.05, 0.1) is 35.8 Å². The fraction of sp³-hybridized carbons (Fsp3) is 0.531. The summed E-state index contributed by atoms with van der Waals surface area (Å²) < 4.78 is 5.62. The zero-order chi connectivity index (χ0) is 25.7. The Hall–Kier alpha value is -3.11. The van der Waals surface area contributed by atoms with Crippen molar-refractivity contribution in [3.8, 4) is 12.1 Å². The van der Waals surface area contributed by atoms with Gasteiger partial charge in [0.25, 0.3) is 0 Å². The van der Waals surface area contributed by atoms with Gasteiger partial charge < -0.3 is 4.74 Å². The zero-order valence-electron chi connectivity index (χ0n) is 21.9. The molecule has 2 aliphatic rings. The van der Waals surface area contributed by atoms with Gasteiger partial charge in [-0.25, -0.2) is 0 Å². The summed E-state index contributed by atoms with van der Waals surface area (Å²) in [4.78, 5) is 13.2. The molecule has 0 N–H and O–H groups in total. The molecule has 0 atom stereocenters. The predicted octanol–water partition coefficient (Wildman–Crippen LogP) is 7.47. The maximum Gasteiger partial charge on any atom is 0.309 e. The summed E-state index contributed by atoms with van der Waals surface area (Å²) in [5.74, 6) is 1.63. The second-order valence-corrected chi connectivity index (χ2v) is 10.8. The van der Waals surface area contributed by atoms with Crippen LogP contribution in [0.5, 0.6) is 0 Å². The van der Waals surface area contributed by atoms with Gasteiger partial charge in [-0.3, -0.25) is 4.79 Å². The number of carbonyl (C=O) groups excluding carboxylic acids is 1. The van der Waals surface area contributed by atoms with Crippen LogP contribution in [0.4, 0.5) is 0 Å². The number of hydrogen-bond acceptors (Lipinski definition) is 4. The van der Waals surface area contributed by atoms with Gasteiger partial charge in [-0.1, -0.05) is 24.3 Å².